The Bertz CT molecular complexity index is 637. The largest absolute Gasteiger partial charge is 0.478 e. The van der Waals surface area contributed by atoms with Crippen molar-refractivity contribution in [3.05, 3.63) is 46.0 Å². The van der Waals surface area contributed by atoms with Crippen molar-refractivity contribution >= 4 is 17.6 Å². The SMILES string of the molecule is C[C@H]1CC=C(C(=O)O)[C@](C)(c2ccc(Cl)c(C(F)(F)F)c2)C1. The van der Waals surface area contributed by atoms with Crippen LogP contribution < -0.4 is 0 Å². The molecule has 0 aliphatic heterocycles. The second-order valence-electron chi connectivity index (χ2n) is 5.99. The summed E-state index contributed by atoms with van der Waals surface area (Å²) >= 11 is 5.64. The maximum atomic E-state index is 13.0. The van der Waals surface area contributed by atoms with Gasteiger partial charge in [0, 0.05) is 11.0 Å². The summed E-state index contributed by atoms with van der Waals surface area (Å²) in [6.07, 6.45) is -1.88. The van der Waals surface area contributed by atoms with Crippen molar-refractivity contribution in [1.29, 1.82) is 0 Å². The van der Waals surface area contributed by atoms with E-state index in [1.54, 1.807) is 13.0 Å². The zero-order valence-electron chi connectivity index (χ0n) is 12.2. The number of alkyl halides is 3. The molecular weight excluding hydrogens is 317 g/mol. The minimum atomic E-state index is -4.57. The highest BCUT2D eigenvalue weighted by Gasteiger charge is 2.41. The number of carbonyl (C=O) groups is 1. The van der Waals surface area contributed by atoms with E-state index >= 15 is 0 Å². The third-order valence-electron chi connectivity index (χ3n) is 4.21. The molecule has 0 unspecified atom stereocenters. The number of aliphatic carboxylic acids is 1. The number of allylic oxidation sites excluding steroid dienone is 1. The molecule has 2 nitrogen and oxygen atoms in total. The van der Waals surface area contributed by atoms with Gasteiger partial charge in [-0.05, 0) is 36.5 Å². The van der Waals surface area contributed by atoms with Crippen molar-refractivity contribution in [2.24, 2.45) is 5.92 Å². The summed E-state index contributed by atoms with van der Waals surface area (Å²) in [5, 5.41) is 9.00. The predicted molar refractivity (Wildman–Crippen MR) is 77.9 cm³/mol. The highest BCUT2D eigenvalue weighted by molar-refractivity contribution is 6.31. The van der Waals surface area contributed by atoms with Crippen LogP contribution in [0.25, 0.3) is 0 Å². The van der Waals surface area contributed by atoms with E-state index in [-0.39, 0.29) is 16.5 Å². The summed E-state index contributed by atoms with van der Waals surface area (Å²) in [6.45, 7) is 3.62. The van der Waals surface area contributed by atoms with Crippen molar-refractivity contribution in [2.45, 2.75) is 38.3 Å². The highest BCUT2D eigenvalue weighted by Crippen LogP contribution is 2.45. The van der Waals surface area contributed by atoms with Crippen LogP contribution in [-0.4, -0.2) is 11.1 Å². The molecule has 0 aromatic heterocycles. The summed E-state index contributed by atoms with van der Waals surface area (Å²) in [7, 11) is 0. The molecular formula is C16H16ClF3O2. The molecule has 0 fully saturated rings. The maximum absolute atomic E-state index is 13.0. The summed E-state index contributed by atoms with van der Waals surface area (Å²) in [5.74, 6) is -0.906. The first kappa shape index (κ1) is 16.9. The summed E-state index contributed by atoms with van der Waals surface area (Å²) in [4.78, 5) is 11.5. The fourth-order valence-corrected chi connectivity index (χ4v) is 3.34. The Balaban J connectivity index is 2.60. The standard InChI is InChI=1S/C16H16ClF3O2/c1-9-3-5-11(14(21)22)15(2,8-9)10-4-6-13(17)12(7-10)16(18,19)20/h4-7,9H,3,8H2,1-2H3,(H,21,22)/t9-,15-/m0/s1. The third-order valence-corrected chi connectivity index (χ3v) is 4.54. The van der Waals surface area contributed by atoms with Crippen molar-refractivity contribution in [2.75, 3.05) is 0 Å². The number of carboxylic acid groups (broad SMARTS) is 1. The van der Waals surface area contributed by atoms with E-state index in [1.165, 1.54) is 12.1 Å². The van der Waals surface area contributed by atoms with Gasteiger partial charge in [0.1, 0.15) is 0 Å². The van der Waals surface area contributed by atoms with Gasteiger partial charge < -0.3 is 5.11 Å². The van der Waals surface area contributed by atoms with Gasteiger partial charge in [-0.1, -0.05) is 37.6 Å². The Morgan fingerprint density at radius 2 is 2.05 bits per heavy atom. The molecule has 0 saturated carbocycles. The van der Waals surface area contributed by atoms with Gasteiger partial charge in [0.25, 0.3) is 0 Å². The molecule has 1 N–H and O–H groups in total. The zero-order valence-corrected chi connectivity index (χ0v) is 12.9. The predicted octanol–water partition coefficient (Wildman–Crippen LogP) is 5.06. The first-order valence-corrected chi connectivity index (χ1v) is 7.24. The number of carboxylic acids is 1. The van der Waals surface area contributed by atoms with Crippen LogP contribution in [0.5, 0.6) is 0 Å². The molecule has 0 saturated heterocycles. The van der Waals surface area contributed by atoms with Crippen molar-refractivity contribution in [3.63, 3.8) is 0 Å². The van der Waals surface area contributed by atoms with Crippen LogP contribution >= 0.6 is 11.6 Å². The van der Waals surface area contributed by atoms with Crippen molar-refractivity contribution in [1.82, 2.24) is 0 Å². The molecule has 2 rings (SSSR count). The fourth-order valence-electron chi connectivity index (χ4n) is 3.12. The Hall–Kier alpha value is -1.49. The average molecular weight is 333 g/mol. The Kier molecular flexibility index (Phi) is 4.30. The molecule has 0 radical (unpaired) electrons. The Labute approximate surface area is 131 Å². The van der Waals surface area contributed by atoms with Crippen LogP contribution in [0.2, 0.25) is 5.02 Å². The van der Waals surface area contributed by atoms with E-state index in [9.17, 15) is 23.1 Å². The number of halogens is 4. The highest BCUT2D eigenvalue weighted by atomic mass is 35.5. The molecule has 0 amide bonds. The zero-order chi connectivity index (χ0) is 16.7. The fraction of sp³-hybridized carbons (Fsp3) is 0.438. The number of benzene rings is 1. The van der Waals surface area contributed by atoms with Crippen LogP contribution in [0.15, 0.2) is 29.8 Å². The van der Waals surface area contributed by atoms with Crippen LogP contribution in [0, 0.1) is 5.92 Å². The van der Waals surface area contributed by atoms with E-state index in [0.717, 1.165) is 6.07 Å². The molecule has 1 aliphatic carbocycles. The van der Waals surface area contributed by atoms with Crippen LogP contribution in [-0.2, 0) is 16.4 Å². The first-order chi connectivity index (χ1) is 10.1. The lowest BCUT2D eigenvalue weighted by atomic mass is 9.66. The molecule has 0 spiro atoms. The van der Waals surface area contributed by atoms with Gasteiger partial charge in [0.05, 0.1) is 10.6 Å². The van der Waals surface area contributed by atoms with Crippen LogP contribution in [0.4, 0.5) is 13.2 Å². The maximum Gasteiger partial charge on any atom is 0.417 e. The number of hydrogen-bond acceptors (Lipinski definition) is 1. The summed E-state index contributed by atoms with van der Waals surface area (Å²) in [6, 6.07) is 3.63. The minimum absolute atomic E-state index is 0.140. The Morgan fingerprint density at radius 1 is 1.41 bits per heavy atom. The lowest BCUT2D eigenvalue weighted by Gasteiger charge is -2.37. The molecule has 0 heterocycles. The topological polar surface area (TPSA) is 37.3 Å². The van der Waals surface area contributed by atoms with E-state index in [1.807, 2.05) is 6.92 Å². The average Bonchev–Trinajstić information content (AvgIpc) is 2.36. The van der Waals surface area contributed by atoms with Gasteiger partial charge in [0.15, 0.2) is 0 Å². The molecule has 2 atom stereocenters. The second kappa shape index (κ2) is 5.61. The molecule has 120 valence electrons. The monoisotopic (exact) mass is 332 g/mol. The van der Waals surface area contributed by atoms with Crippen molar-refractivity contribution in [3.8, 4) is 0 Å². The smallest absolute Gasteiger partial charge is 0.417 e. The van der Waals surface area contributed by atoms with Crippen LogP contribution in [0.3, 0.4) is 0 Å². The van der Waals surface area contributed by atoms with E-state index in [0.29, 0.717) is 18.4 Å². The summed E-state index contributed by atoms with van der Waals surface area (Å²) < 4.78 is 39.1. The molecule has 1 aliphatic rings. The van der Waals surface area contributed by atoms with Gasteiger partial charge in [-0.25, -0.2) is 4.79 Å². The minimum Gasteiger partial charge on any atom is -0.478 e. The lowest BCUT2D eigenvalue weighted by Crippen LogP contribution is -2.34. The molecule has 1 aromatic rings. The quantitative estimate of drug-likeness (QED) is 0.822. The van der Waals surface area contributed by atoms with E-state index in [4.69, 9.17) is 11.6 Å². The number of rotatable bonds is 2. The van der Waals surface area contributed by atoms with E-state index < -0.39 is 23.1 Å². The Morgan fingerprint density at radius 3 is 2.59 bits per heavy atom. The first-order valence-electron chi connectivity index (χ1n) is 6.87. The normalized spacial score (nSPS) is 25.7. The molecule has 1 aromatic carbocycles. The van der Waals surface area contributed by atoms with Gasteiger partial charge in [-0.2, -0.15) is 13.2 Å². The molecule has 0 bridgehead atoms. The van der Waals surface area contributed by atoms with Gasteiger partial charge in [0.2, 0.25) is 0 Å². The van der Waals surface area contributed by atoms with Gasteiger partial charge >= 0.3 is 12.1 Å². The van der Waals surface area contributed by atoms with Crippen molar-refractivity contribution < 1.29 is 23.1 Å². The summed E-state index contributed by atoms with van der Waals surface area (Å²) in [5.41, 5.74) is -1.44. The molecule has 6 heteroatoms. The number of hydrogen-bond donors (Lipinski definition) is 1. The lowest BCUT2D eigenvalue weighted by molar-refractivity contribution is -0.137. The molecule has 22 heavy (non-hydrogen) atoms. The third kappa shape index (κ3) is 3.00. The van der Waals surface area contributed by atoms with Gasteiger partial charge in [-0.15, -0.1) is 0 Å². The van der Waals surface area contributed by atoms with E-state index in [2.05, 4.69) is 0 Å². The second-order valence-corrected chi connectivity index (χ2v) is 6.40. The van der Waals surface area contributed by atoms with Crippen LogP contribution in [0.1, 0.15) is 37.8 Å². The van der Waals surface area contributed by atoms with Gasteiger partial charge in [-0.3, -0.25) is 0 Å².